The Morgan fingerprint density at radius 3 is 2.33 bits per heavy atom. The zero-order chi connectivity index (χ0) is 20.2. The molecule has 3 nitrogen and oxygen atoms in total. The molecule has 1 aliphatic heterocycles. The standard InChI is InChI=1S/C26H15ClO3/c27-19-11-5-3-9-17(19)23-22-16-8-2-1-7-15(16)13-14-21(22)29-25-18-10-4-6-12-20(18)30-26(28)24(23)25/h1-14,23H. The topological polar surface area (TPSA) is 39.4 Å². The van der Waals surface area contributed by atoms with Crippen molar-refractivity contribution in [1.82, 2.24) is 0 Å². The van der Waals surface area contributed by atoms with Crippen molar-refractivity contribution in [2.45, 2.75) is 5.92 Å². The van der Waals surface area contributed by atoms with E-state index in [1.54, 1.807) is 6.07 Å². The molecule has 0 fully saturated rings. The summed E-state index contributed by atoms with van der Waals surface area (Å²) in [5.74, 6) is 0.862. The molecule has 0 saturated carbocycles. The summed E-state index contributed by atoms with van der Waals surface area (Å²) in [4.78, 5) is 13.2. The van der Waals surface area contributed by atoms with Crippen LogP contribution in [0.15, 0.2) is 94.1 Å². The number of fused-ring (bicyclic) bond motifs is 6. The highest BCUT2D eigenvalue weighted by Crippen LogP contribution is 2.51. The van der Waals surface area contributed by atoms with Gasteiger partial charge in [-0.25, -0.2) is 4.79 Å². The number of para-hydroxylation sites is 1. The van der Waals surface area contributed by atoms with Crippen LogP contribution in [0.2, 0.25) is 5.02 Å². The van der Waals surface area contributed by atoms with Crippen molar-refractivity contribution in [3.05, 3.63) is 117 Å². The summed E-state index contributed by atoms with van der Waals surface area (Å²) in [5.41, 5.74) is 2.35. The van der Waals surface area contributed by atoms with E-state index >= 15 is 0 Å². The quantitative estimate of drug-likeness (QED) is 0.277. The largest absolute Gasteiger partial charge is 0.456 e. The maximum absolute atomic E-state index is 13.2. The van der Waals surface area contributed by atoms with Crippen molar-refractivity contribution >= 4 is 33.3 Å². The number of rotatable bonds is 1. The molecule has 0 bridgehead atoms. The van der Waals surface area contributed by atoms with Crippen molar-refractivity contribution in [2.75, 3.05) is 0 Å². The average molecular weight is 411 g/mol. The molecule has 6 rings (SSSR count). The number of ether oxygens (including phenoxy) is 1. The van der Waals surface area contributed by atoms with Crippen LogP contribution in [0, 0.1) is 0 Å². The molecule has 0 amide bonds. The summed E-state index contributed by atoms with van der Waals surface area (Å²) < 4.78 is 12.1. The van der Waals surface area contributed by atoms with Gasteiger partial charge in [-0.15, -0.1) is 0 Å². The highest BCUT2D eigenvalue weighted by molar-refractivity contribution is 6.31. The van der Waals surface area contributed by atoms with Crippen LogP contribution in [0.25, 0.3) is 21.7 Å². The Labute approximate surface area is 177 Å². The van der Waals surface area contributed by atoms with Crippen LogP contribution < -0.4 is 10.4 Å². The van der Waals surface area contributed by atoms with E-state index in [0.29, 0.717) is 21.9 Å². The first kappa shape index (κ1) is 17.3. The molecule has 4 heteroatoms. The van der Waals surface area contributed by atoms with Gasteiger partial charge < -0.3 is 9.15 Å². The van der Waals surface area contributed by atoms with Crippen molar-refractivity contribution < 1.29 is 9.15 Å². The molecule has 1 atom stereocenters. The smallest absolute Gasteiger partial charge is 0.344 e. The highest BCUT2D eigenvalue weighted by Gasteiger charge is 2.36. The first-order valence-corrected chi connectivity index (χ1v) is 10.1. The van der Waals surface area contributed by atoms with Crippen molar-refractivity contribution in [3.8, 4) is 11.5 Å². The Kier molecular flexibility index (Phi) is 3.74. The van der Waals surface area contributed by atoms with Gasteiger partial charge in [-0.1, -0.05) is 72.3 Å². The maximum Gasteiger partial charge on any atom is 0.344 e. The van der Waals surface area contributed by atoms with E-state index < -0.39 is 11.5 Å². The van der Waals surface area contributed by atoms with Crippen LogP contribution in [0.3, 0.4) is 0 Å². The Hall–Kier alpha value is -3.56. The molecule has 2 heterocycles. The lowest BCUT2D eigenvalue weighted by molar-refractivity contribution is 0.441. The predicted octanol–water partition coefficient (Wildman–Crippen LogP) is 6.89. The molecular weight excluding hydrogens is 396 g/mol. The van der Waals surface area contributed by atoms with Gasteiger partial charge >= 0.3 is 5.63 Å². The molecule has 0 spiro atoms. The molecule has 1 aromatic heterocycles. The summed E-state index contributed by atoms with van der Waals surface area (Å²) in [7, 11) is 0. The fourth-order valence-corrected chi connectivity index (χ4v) is 4.68. The SMILES string of the molecule is O=c1oc2ccccc2c2c1C(c1ccccc1Cl)c1c(ccc3ccccc13)O2. The van der Waals surface area contributed by atoms with Gasteiger partial charge in [0.05, 0.1) is 16.9 Å². The number of hydrogen-bond donors (Lipinski definition) is 0. The minimum Gasteiger partial charge on any atom is -0.456 e. The first-order chi connectivity index (χ1) is 14.7. The second kappa shape index (κ2) is 6.48. The third-order valence-electron chi connectivity index (χ3n) is 5.74. The van der Waals surface area contributed by atoms with E-state index in [2.05, 4.69) is 12.1 Å². The number of halogens is 1. The van der Waals surface area contributed by atoms with E-state index in [0.717, 1.165) is 33.0 Å². The van der Waals surface area contributed by atoms with Crippen molar-refractivity contribution in [2.24, 2.45) is 0 Å². The van der Waals surface area contributed by atoms with E-state index in [9.17, 15) is 4.79 Å². The Morgan fingerprint density at radius 2 is 1.47 bits per heavy atom. The lowest BCUT2D eigenvalue weighted by Crippen LogP contribution is -2.21. The average Bonchev–Trinajstić information content (AvgIpc) is 2.78. The summed E-state index contributed by atoms with van der Waals surface area (Å²) in [6.07, 6.45) is 0. The summed E-state index contributed by atoms with van der Waals surface area (Å²) >= 11 is 6.64. The van der Waals surface area contributed by atoms with Crippen LogP contribution in [0.5, 0.6) is 11.5 Å². The third kappa shape index (κ3) is 2.42. The number of benzene rings is 4. The third-order valence-corrected chi connectivity index (χ3v) is 6.08. The van der Waals surface area contributed by atoms with E-state index in [-0.39, 0.29) is 0 Å². The lowest BCUT2D eigenvalue weighted by atomic mass is 9.80. The van der Waals surface area contributed by atoms with Gasteiger partial charge in [-0.3, -0.25) is 0 Å². The summed E-state index contributed by atoms with van der Waals surface area (Å²) in [5, 5.41) is 3.47. The van der Waals surface area contributed by atoms with Gasteiger partial charge in [0.25, 0.3) is 0 Å². The first-order valence-electron chi connectivity index (χ1n) is 9.72. The molecule has 4 aromatic carbocycles. The monoisotopic (exact) mass is 410 g/mol. The van der Waals surface area contributed by atoms with Gasteiger partial charge in [0.2, 0.25) is 0 Å². The molecule has 30 heavy (non-hydrogen) atoms. The van der Waals surface area contributed by atoms with Crippen LogP contribution in [-0.2, 0) is 0 Å². The van der Waals surface area contributed by atoms with Crippen LogP contribution >= 0.6 is 11.6 Å². The normalized spacial score (nSPS) is 14.9. The lowest BCUT2D eigenvalue weighted by Gasteiger charge is -2.30. The van der Waals surface area contributed by atoms with Gasteiger partial charge in [0.15, 0.2) is 0 Å². The van der Waals surface area contributed by atoms with Crippen LogP contribution in [0.1, 0.15) is 22.6 Å². The molecule has 1 aliphatic rings. The van der Waals surface area contributed by atoms with Crippen LogP contribution in [0.4, 0.5) is 0 Å². The fourth-order valence-electron chi connectivity index (χ4n) is 4.43. The van der Waals surface area contributed by atoms with Gasteiger partial charge in [-0.05, 0) is 40.6 Å². The summed E-state index contributed by atoms with van der Waals surface area (Å²) in [6.45, 7) is 0. The van der Waals surface area contributed by atoms with Gasteiger partial charge in [0.1, 0.15) is 17.1 Å². The molecule has 0 N–H and O–H groups in total. The molecule has 0 aliphatic carbocycles. The number of hydrogen-bond acceptors (Lipinski definition) is 3. The second-order valence-electron chi connectivity index (χ2n) is 7.38. The van der Waals surface area contributed by atoms with E-state index in [4.69, 9.17) is 20.8 Å². The zero-order valence-corrected chi connectivity index (χ0v) is 16.5. The summed E-state index contributed by atoms with van der Waals surface area (Å²) in [6, 6.07) is 27.2. The predicted molar refractivity (Wildman–Crippen MR) is 119 cm³/mol. The molecular formula is C26H15ClO3. The van der Waals surface area contributed by atoms with Crippen molar-refractivity contribution in [3.63, 3.8) is 0 Å². The Balaban J connectivity index is 1.79. The van der Waals surface area contributed by atoms with Gasteiger partial charge in [-0.2, -0.15) is 0 Å². The van der Waals surface area contributed by atoms with E-state index in [1.165, 1.54) is 0 Å². The van der Waals surface area contributed by atoms with Crippen LogP contribution in [-0.4, -0.2) is 0 Å². The zero-order valence-electron chi connectivity index (χ0n) is 15.8. The molecule has 144 valence electrons. The minimum atomic E-state index is -0.410. The fraction of sp³-hybridized carbons (Fsp3) is 0.0385. The Morgan fingerprint density at radius 1 is 0.733 bits per heavy atom. The molecule has 1 unspecified atom stereocenters. The minimum absolute atomic E-state index is 0.399. The molecule has 0 saturated heterocycles. The van der Waals surface area contributed by atoms with E-state index in [1.807, 2.05) is 66.7 Å². The molecule has 0 radical (unpaired) electrons. The Bertz CT molecular complexity index is 1520. The highest BCUT2D eigenvalue weighted by atomic mass is 35.5. The molecule has 5 aromatic rings. The maximum atomic E-state index is 13.2. The van der Waals surface area contributed by atoms with Crippen molar-refractivity contribution in [1.29, 1.82) is 0 Å². The second-order valence-corrected chi connectivity index (χ2v) is 7.79. The van der Waals surface area contributed by atoms with Gasteiger partial charge in [0, 0.05) is 10.6 Å².